The first-order chi connectivity index (χ1) is 9.44. The quantitative estimate of drug-likeness (QED) is 0.783. The summed E-state index contributed by atoms with van der Waals surface area (Å²) in [4.78, 5) is 16.7. The molecule has 6 heteroatoms. The minimum absolute atomic E-state index is 0.171. The summed E-state index contributed by atoms with van der Waals surface area (Å²) in [6.45, 7) is 1.51. The van der Waals surface area contributed by atoms with Crippen LogP contribution in [0.2, 0.25) is 0 Å². The Morgan fingerprint density at radius 2 is 2.00 bits per heavy atom. The summed E-state index contributed by atoms with van der Waals surface area (Å²) in [5.41, 5.74) is -0.553. The van der Waals surface area contributed by atoms with Crippen molar-refractivity contribution in [2.45, 2.75) is 25.4 Å². The number of piperidine rings is 1. The van der Waals surface area contributed by atoms with Gasteiger partial charge in [0.05, 0.1) is 5.56 Å². The minimum atomic E-state index is -4.34. The maximum absolute atomic E-state index is 12.5. The fourth-order valence-corrected chi connectivity index (χ4v) is 3.07. The lowest BCUT2D eigenvalue weighted by Crippen LogP contribution is -2.35. The van der Waals surface area contributed by atoms with Gasteiger partial charge < -0.3 is 9.69 Å². The van der Waals surface area contributed by atoms with Gasteiger partial charge in [0, 0.05) is 25.2 Å². The summed E-state index contributed by atoms with van der Waals surface area (Å²) in [6.07, 6.45) is 0.364. The number of aromatic nitrogens is 1. The second kappa shape index (κ2) is 4.46. The van der Waals surface area contributed by atoms with Crippen molar-refractivity contribution in [3.05, 3.63) is 23.9 Å². The van der Waals surface area contributed by atoms with Crippen LogP contribution in [0, 0.1) is 11.3 Å². The fraction of sp³-hybridized carbons (Fsp3) is 0.571. The summed E-state index contributed by atoms with van der Waals surface area (Å²) in [7, 11) is 0. The molecular weight excluding hydrogens is 269 g/mol. The maximum atomic E-state index is 12.5. The molecule has 1 aliphatic heterocycles. The van der Waals surface area contributed by atoms with Crippen LogP contribution in [0.15, 0.2) is 18.3 Å². The number of anilines is 1. The van der Waals surface area contributed by atoms with Crippen LogP contribution in [0.1, 0.15) is 24.8 Å². The normalized spacial score (nSPS) is 24.8. The highest BCUT2D eigenvalue weighted by molar-refractivity contribution is 5.60. The van der Waals surface area contributed by atoms with Crippen LogP contribution in [0.25, 0.3) is 0 Å². The van der Waals surface area contributed by atoms with Crippen molar-refractivity contribution in [2.24, 2.45) is 11.3 Å². The molecule has 20 heavy (non-hydrogen) atoms. The van der Waals surface area contributed by atoms with Crippen LogP contribution >= 0.6 is 0 Å². The van der Waals surface area contributed by atoms with Crippen LogP contribution in [0.3, 0.4) is 0 Å². The Kier molecular flexibility index (Phi) is 2.99. The first kappa shape index (κ1) is 13.4. The summed E-state index contributed by atoms with van der Waals surface area (Å²) >= 11 is 0. The first-order valence-corrected chi connectivity index (χ1v) is 6.68. The molecule has 1 aromatic rings. The van der Waals surface area contributed by atoms with E-state index in [1.54, 1.807) is 0 Å². The number of halogens is 3. The van der Waals surface area contributed by atoms with Crippen molar-refractivity contribution < 1.29 is 18.0 Å². The van der Waals surface area contributed by atoms with Crippen molar-refractivity contribution in [3.8, 4) is 0 Å². The van der Waals surface area contributed by atoms with E-state index in [9.17, 15) is 18.0 Å². The molecule has 1 atom stereocenters. The van der Waals surface area contributed by atoms with Crippen molar-refractivity contribution in [1.29, 1.82) is 0 Å². The number of carbonyl (C=O) groups excluding carboxylic acids is 1. The monoisotopic (exact) mass is 284 g/mol. The third-order valence-corrected chi connectivity index (χ3v) is 4.58. The molecule has 0 aromatic carbocycles. The number of hydrogen-bond donors (Lipinski definition) is 0. The third-order valence-electron chi connectivity index (χ3n) is 4.58. The van der Waals surface area contributed by atoms with Crippen molar-refractivity contribution >= 4 is 12.1 Å². The lowest BCUT2D eigenvalue weighted by molar-refractivity contribution is -0.137. The van der Waals surface area contributed by atoms with Crippen molar-refractivity contribution in [1.82, 2.24) is 4.98 Å². The molecule has 0 amide bonds. The molecule has 1 aromatic heterocycles. The Morgan fingerprint density at radius 3 is 2.45 bits per heavy atom. The zero-order chi connectivity index (χ0) is 14.4. The summed E-state index contributed by atoms with van der Waals surface area (Å²) in [5.74, 6) is 0.765. The van der Waals surface area contributed by atoms with Crippen molar-refractivity contribution in [2.75, 3.05) is 18.0 Å². The van der Waals surface area contributed by atoms with E-state index < -0.39 is 11.7 Å². The average Bonchev–Trinajstić information content (AvgIpc) is 3.12. The van der Waals surface area contributed by atoms with E-state index in [1.165, 1.54) is 6.07 Å². The van der Waals surface area contributed by atoms with E-state index in [1.807, 2.05) is 4.90 Å². The molecule has 1 aliphatic carbocycles. The SMILES string of the molecule is O=CC1CC12CCN(c1ccc(C(F)(F)F)cn1)CC2. The zero-order valence-corrected chi connectivity index (χ0v) is 10.9. The third kappa shape index (κ3) is 2.27. The highest BCUT2D eigenvalue weighted by Gasteiger charge is 2.54. The molecule has 0 radical (unpaired) electrons. The van der Waals surface area contributed by atoms with Gasteiger partial charge in [-0.15, -0.1) is 0 Å². The Bertz CT molecular complexity index is 504. The van der Waals surface area contributed by atoms with E-state index in [-0.39, 0.29) is 11.3 Å². The van der Waals surface area contributed by atoms with Gasteiger partial charge in [0.25, 0.3) is 0 Å². The molecular formula is C14H15F3N2O. The van der Waals surface area contributed by atoms with Gasteiger partial charge in [-0.3, -0.25) is 0 Å². The molecule has 1 saturated heterocycles. The Labute approximate surface area is 114 Å². The standard InChI is InChI=1S/C14H15F3N2O/c15-14(16,17)10-1-2-12(18-8-10)19-5-3-13(4-6-19)7-11(13)9-20/h1-2,8-9,11H,3-7H2. The number of nitrogens with zero attached hydrogens (tertiary/aromatic N) is 2. The van der Waals surface area contributed by atoms with Gasteiger partial charge in [-0.25, -0.2) is 4.98 Å². The molecule has 1 unspecified atom stereocenters. The summed E-state index contributed by atoms with van der Waals surface area (Å²) in [6, 6.07) is 2.49. The molecule has 3 rings (SSSR count). The molecule has 2 heterocycles. The van der Waals surface area contributed by atoms with E-state index >= 15 is 0 Å². The van der Waals surface area contributed by atoms with Crippen LogP contribution in [0.4, 0.5) is 19.0 Å². The van der Waals surface area contributed by atoms with E-state index in [0.29, 0.717) is 5.82 Å². The van der Waals surface area contributed by atoms with Gasteiger partial charge in [-0.2, -0.15) is 13.2 Å². The van der Waals surface area contributed by atoms with Gasteiger partial charge in [0.2, 0.25) is 0 Å². The minimum Gasteiger partial charge on any atom is -0.357 e. The first-order valence-electron chi connectivity index (χ1n) is 6.68. The van der Waals surface area contributed by atoms with Gasteiger partial charge in [-0.05, 0) is 36.8 Å². The van der Waals surface area contributed by atoms with Gasteiger partial charge in [0.15, 0.2) is 0 Å². The lowest BCUT2D eigenvalue weighted by Gasteiger charge is -2.33. The number of aldehydes is 1. The second-order valence-corrected chi connectivity index (χ2v) is 5.70. The maximum Gasteiger partial charge on any atom is 0.417 e. The lowest BCUT2D eigenvalue weighted by atomic mass is 9.91. The van der Waals surface area contributed by atoms with E-state index in [0.717, 1.165) is 50.9 Å². The predicted molar refractivity (Wildman–Crippen MR) is 67.3 cm³/mol. The summed E-state index contributed by atoms with van der Waals surface area (Å²) in [5, 5.41) is 0. The Morgan fingerprint density at radius 1 is 1.30 bits per heavy atom. The molecule has 1 saturated carbocycles. The van der Waals surface area contributed by atoms with Crippen LogP contribution in [0.5, 0.6) is 0 Å². The highest BCUT2D eigenvalue weighted by Crippen LogP contribution is 2.58. The number of carbonyl (C=O) groups is 1. The second-order valence-electron chi connectivity index (χ2n) is 5.70. The predicted octanol–water partition coefficient (Wildman–Crippen LogP) is 2.91. The number of pyridine rings is 1. The molecule has 2 fully saturated rings. The largest absolute Gasteiger partial charge is 0.417 e. The molecule has 2 aliphatic rings. The average molecular weight is 284 g/mol. The smallest absolute Gasteiger partial charge is 0.357 e. The molecule has 1 spiro atoms. The fourth-order valence-electron chi connectivity index (χ4n) is 3.07. The van der Waals surface area contributed by atoms with Gasteiger partial charge >= 0.3 is 6.18 Å². The number of rotatable bonds is 2. The molecule has 3 nitrogen and oxygen atoms in total. The van der Waals surface area contributed by atoms with E-state index in [2.05, 4.69) is 4.98 Å². The van der Waals surface area contributed by atoms with Crippen molar-refractivity contribution in [3.63, 3.8) is 0 Å². The van der Waals surface area contributed by atoms with Gasteiger partial charge in [-0.1, -0.05) is 0 Å². The Balaban J connectivity index is 1.65. The topological polar surface area (TPSA) is 33.2 Å². The highest BCUT2D eigenvalue weighted by atomic mass is 19.4. The number of hydrogen-bond acceptors (Lipinski definition) is 3. The van der Waals surface area contributed by atoms with Crippen LogP contribution in [-0.4, -0.2) is 24.4 Å². The van der Waals surface area contributed by atoms with Crippen LogP contribution in [-0.2, 0) is 11.0 Å². The van der Waals surface area contributed by atoms with Crippen LogP contribution < -0.4 is 4.90 Å². The molecule has 0 bridgehead atoms. The molecule has 0 N–H and O–H groups in total. The molecule has 108 valence electrons. The van der Waals surface area contributed by atoms with E-state index in [4.69, 9.17) is 0 Å². The number of alkyl halides is 3. The zero-order valence-electron chi connectivity index (χ0n) is 10.9. The van der Waals surface area contributed by atoms with Gasteiger partial charge in [0.1, 0.15) is 12.1 Å². The summed E-state index contributed by atoms with van der Waals surface area (Å²) < 4.78 is 37.4. The Hall–Kier alpha value is -1.59.